The fourth-order valence-electron chi connectivity index (χ4n) is 7.41. The molecule has 3 N–H and O–H groups in total. The number of rotatable bonds is 46. The molecule has 6 heteroatoms. The first-order valence-corrected chi connectivity index (χ1v) is 26.6. The van der Waals surface area contributed by atoms with Crippen LogP contribution >= 0.6 is 0 Å². The van der Waals surface area contributed by atoms with Crippen LogP contribution < -0.4 is 5.32 Å². The van der Waals surface area contributed by atoms with Crippen LogP contribution in [-0.2, 0) is 14.3 Å². The van der Waals surface area contributed by atoms with Gasteiger partial charge < -0.3 is 20.3 Å². The highest BCUT2D eigenvalue weighted by Gasteiger charge is 2.24. The molecule has 1 amide bonds. The largest absolute Gasteiger partial charge is 0.462 e. The summed E-state index contributed by atoms with van der Waals surface area (Å²) in [7, 11) is 0. The van der Waals surface area contributed by atoms with E-state index in [9.17, 15) is 19.8 Å². The highest BCUT2D eigenvalue weighted by molar-refractivity contribution is 5.77. The summed E-state index contributed by atoms with van der Waals surface area (Å²) in [5, 5.41) is 23.8. The molecule has 0 aromatic heterocycles. The number of carbonyl (C=O) groups is 2. The highest BCUT2D eigenvalue weighted by Crippen LogP contribution is 2.17. The monoisotopic (exact) mass is 902 g/mol. The third-order valence-electron chi connectivity index (χ3n) is 11.4. The highest BCUT2D eigenvalue weighted by atomic mass is 16.5. The zero-order valence-electron chi connectivity index (χ0n) is 42.1. The lowest BCUT2D eigenvalue weighted by Crippen LogP contribution is -2.46. The van der Waals surface area contributed by atoms with Crippen molar-refractivity contribution in [3.8, 4) is 0 Å². The predicted molar refractivity (Wildman–Crippen MR) is 282 cm³/mol. The minimum Gasteiger partial charge on any atom is -0.462 e. The van der Waals surface area contributed by atoms with E-state index in [0.29, 0.717) is 19.3 Å². The Morgan fingerprint density at radius 3 is 1.26 bits per heavy atom. The van der Waals surface area contributed by atoms with Gasteiger partial charge in [0.1, 0.15) is 6.10 Å². The van der Waals surface area contributed by atoms with Gasteiger partial charge in [0.05, 0.1) is 25.2 Å². The van der Waals surface area contributed by atoms with Crippen molar-refractivity contribution in [2.24, 2.45) is 0 Å². The van der Waals surface area contributed by atoms with Gasteiger partial charge in [0.15, 0.2) is 0 Å². The van der Waals surface area contributed by atoms with Gasteiger partial charge in [-0.1, -0.05) is 226 Å². The number of hydrogen-bond donors (Lipinski definition) is 3. The van der Waals surface area contributed by atoms with Crippen LogP contribution in [0.4, 0.5) is 0 Å². The van der Waals surface area contributed by atoms with Gasteiger partial charge in [0, 0.05) is 6.42 Å². The number of esters is 1. The zero-order valence-corrected chi connectivity index (χ0v) is 42.1. The smallest absolute Gasteiger partial charge is 0.306 e. The second-order valence-electron chi connectivity index (χ2n) is 17.5. The molecule has 0 aliphatic carbocycles. The van der Waals surface area contributed by atoms with Gasteiger partial charge in [-0.25, -0.2) is 0 Å². The van der Waals surface area contributed by atoms with Crippen molar-refractivity contribution in [3.63, 3.8) is 0 Å². The second kappa shape index (κ2) is 51.5. The van der Waals surface area contributed by atoms with E-state index in [1.54, 1.807) is 0 Å². The van der Waals surface area contributed by atoms with Gasteiger partial charge in [-0.2, -0.15) is 0 Å². The Bertz CT molecular complexity index is 1330. The third kappa shape index (κ3) is 46.8. The maximum Gasteiger partial charge on any atom is 0.306 e. The number of aliphatic hydroxyl groups is 2. The average molecular weight is 902 g/mol. The summed E-state index contributed by atoms with van der Waals surface area (Å²) >= 11 is 0. The summed E-state index contributed by atoms with van der Waals surface area (Å²) in [4.78, 5) is 26.2. The Hall–Kier alpha value is -3.48. The molecule has 0 aromatic carbocycles. The maximum atomic E-state index is 13.2. The van der Waals surface area contributed by atoms with Crippen LogP contribution in [0.15, 0.2) is 109 Å². The molecule has 370 valence electrons. The van der Waals surface area contributed by atoms with Gasteiger partial charge in [0.25, 0.3) is 0 Å². The van der Waals surface area contributed by atoms with Crippen molar-refractivity contribution < 1.29 is 24.5 Å². The number of carbonyl (C=O) groups excluding carboxylic acids is 2. The first-order valence-electron chi connectivity index (χ1n) is 26.6. The lowest BCUT2D eigenvalue weighted by atomic mass is 10.0. The summed E-state index contributed by atoms with van der Waals surface area (Å²) in [6.45, 7) is 6.23. The fraction of sp³-hybridized carbons (Fsp3) is 0.661. The van der Waals surface area contributed by atoms with E-state index >= 15 is 0 Å². The van der Waals surface area contributed by atoms with E-state index in [4.69, 9.17) is 4.74 Å². The number of allylic oxidation sites excluding steroid dienone is 18. The Morgan fingerprint density at radius 1 is 0.462 bits per heavy atom. The number of amides is 1. The Labute approximate surface area is 400 Å². The van der Waals surface area contributed by atoms with E-state index in [2.05, 4.69) is 129 Å². The summed E-state index contributed by atoms with van der Waals surface area (Å²) in [6, 6.07) is -0.731. The molecule has 0 bridgehead atoms. The zero-order chi connectivity index (χ0) is 47.4. The Balaban J connectivity index is 4.74. The standard InChI is InChI=1S/C59H99NO5/c1-4-7-10-13-16-19-22-25-27-28-29-30-31-34-37-40-43-46-49-52-59(64)65-55(50-47-44-41-38-35-33-26-23-20-17-14-11-8-5-2)53-58(63)60-56(54-61)57(62)51-48-45-42-39-36-32-24-21-18-15-12-9-6-3/h7-8,10-11,16-17,19-20,25-27,29-30,33-34,37,43,46,55-57,61-62H,4-6,9,12-15,18,21-24,28,31-32,35-36,38-42,44-45,47-54H2,1-3H3,(H,60,63)/b10-7-,11-8+,19-16-,20-17+,27-25-,30-29-,33-26+,37-34-,46-43-. The van der Waals surface area contributed by atoms with Crippen molar-refractivity contribution in [2.75, 3.05) is 6.61 Å². The van der Waals surface area contributed by atoms with Crippen molar-refractivity contribution in [1.29, 1.82) is 0 Å². The third-order valence-corrected chi connectivity index (χ3v) is 11.4. The molecular formula is C59H99NO5. The molecular weight excluding hydrogens is 803 g/mol. The van der Waals surface area contributed by atoms with E-state index < -0.39 is 18.2 Å². The quantitative estimate of drug-likeness (QED) is 0.0321. The first kappa shape index (κ1) is 61.5. The molecule has 0 aliphatic rings. The van der Waals surface area contributed by atoms with Crippen molar-refractivity contribution in [3.05, 3.63) is 109 Å². The van der Waals surface area contributed by atoms with Crippen molar-refractivity contribution in [2.45, 2.75) is 244 Å². The molecule has 0 heterocycles. The van der Waals surface area contributed by atoms with E-state index in [-0.39, 0.29) is 31.3 Å². The maximum absolute atomic E-state index is 13.2. The predicted octanol–water partition coefficient (Wildman–Crippen LogP) is 16.3. The molecule has 3 atom stereocenters. The van der Waals surface area contributed by atoms with E-state index in [1.165, 1.54) is 64.2 Å². The Kier molecular flexibility index (Phi) is 48.7. The normalized spacial score (nSPS) is 14.1. The summed E-state index contributed by atoms with van der Waals surface area (Å²) < 4.78 is 5.89. The van der Waals surface area contributed by atoms with Crippen LogP contribution in [0.5, 0.6) is 0 Å². The number of nitrogens with one attached hydrogen (secondary N) is 1. The van der Waals surface area contributed by atoms with Gasteiger partial charge in [-0.05, 0) is 96.3 Å². The van der Waals surface area contributed by atoms with Crippen LogP contribution in [0, 0.1) is 0 Å². The van der Waals surface area contributed by atoms with Crippen molar-refractivity contribution in [1.82, 2.24) is 5.32 Å². The molecule has 6 nitrogen and oxygen atoms in total. The lowest BCUT2D eigenvalue weighted by Gasteiger charge is -2.24. The minimum absolute atomic E-state index is 0.0259. The Morgan fingerprint density at radius 2 is 0.831 bits per heavy atom. The molecule has 3 unspecified atom stereocenters. The SMILES string of the molecule is CC/C=C\C/C=C\C/C=C\C/C=C\C/C=C\C/C=C\CCC(=O)OC(CCCCCC/C=C/C/C=C/C/C=C/CC)CC(=O)NC(CO)C(O)CCCCCCCCCCCCCCC. The summed E-state index contributed by atoms with van der Waals surface area (Å²) in [5.41, 5.74) is 0. The number of unbranched alkanes of at least 4 members (excludes halogenated alkanes) is 16. The molecule has 0 aromatic rings. The number of hydrogen-bond acceptors (Lipinski definition) is 5. The van der Waals surface area contributed by atoms with Gasteiger partial charge in [-0.3, -0.25) is 9.59 Å². The molecule has 0 radical (unpaired) electrons. The van der Waals surface area contributed by atoms with E-state index in [0.717, 1.165) is 109 Å². The van der Waals surface area contributed by atoms with Crippen LogP contribution in [0.25, 0.3) is 0 Å². The summed E-state index contributed by atoms with van der Waals surface area (Å²) in [6.07, 6.45) is 70.1. The van der Waals surface area contributed by atoms with Crippen LogP contribution in [0.2, 0.25) is 0 Å². The van der Waals surface area contributed by atoms with Gasteiger partial charge >= 0.3 is 5.97 Å². The molecule has 0 fully saturated rings. The average Bonchev–Trinajstić information content (AvgIpc) is 3.30. The lowest BCUT2D eigenvalue weighted by molar-refractivity contribution is -0.150. The molecule has 0 rings (SSSR count). The topological polar surface area (TPSA) is 95.9 Å². The minimum atomic E-state index is -0.813. The first-order chi connectivity index (χ1) is 32.0. The summed E-state index contributed by atoms with van der Waals surface area (Å²) in [5.74, 6) is -0.604. The van der Waals surface area contributed by atoms with Crippen LogP contribution in [-0.4, -0.2) is 46.9 Å². The number of ether oxygens (including phenoxy) is 1. The second-order valence-corrected chi connectivity index (χ2v) is 17.5. The molecule has 0 saturated carbocycles. The molecule has 65 heavy (non-hydrogen) atoms. The fourth-order valence-corrected chi connectivity index (χ4v) is 7.41. The molecule has 0 aliphatic heterocycles. The van der Waals surface area contributed by atoms with Crippen molar-refractivity contribution >= 4 is 11.9 Å². The van der Waals surface area contributed by atoms with Gasteiger partial charge in [0.2, 0.25) is 5.91 Å². The molecule has 0 spiro atoms. The van der Waals surface area contributed by atoms with E-state index in [1.807, 2.05) is 6.08 Å². The van der Waals surface area contributed by atoms with Crippen LogP contribution in [0.1, 0.15) is 226 Å². The van der Waals surface area contributed by atoms with Crippen LogP contribution in [0.3, 0.4) is 0 Å². The van der Waals surface area contributed by atoms with Gasteiger partial charge in [-0.15, -0.1) is 0 Å². The number of aliphatic hydroxyl groups excluding tert-OH is 2. The molecule has 0 saturated heterocycles.